The fourth-order valence-electron chi connectivity index (χ4n) is 2.72. The average molecular weight is 262 g/mol. The number of hydrogen-bond donors (Lipinski definition) is 1. The van der Waals surface area contributed by atoms with Crippen LogP contribution in [0.1, 0.15) is 30.4 Å². The zero-order chi connectivity index (χ0) is 13.7. The predicted molar refractivity (Wildman–Crippen MR) is 79.7 cm³/mol. The fraction of sp³-hybridized carbons (Fsp3) is 0.625. The van der Waals surface area contributed by atoms with E-state index in [9.17, 15) is 0 Å². The second-order valence-electron chi connectivity index (χ2n) is 5.54. The number of hydrogen-bond acceptors (Lipinski definition) is 3. The molecule has 1 heterocycles. The molecule has 1 saturated heterocycles. The van der Waals surface area contributed by atoms with Gasteiger partial charge in [-0.2, -0.15) is 0 Å². The van der Waals surface area contributed by atoms with Crippen molar-refractivity contribution in [3.05, 3.63) is 29.3 Å². The van der Waals surface area contributed by atoms with Crippen LogP contribution in [0.3, 0.4) is 0 Å². The first kappa shape index (κ1) is 14.4. The molecule has 3 nitrogen and oxygen atoms in total. The van der Waals surface area contributed by atoms with Crippen LogP contribution in [0, 0.1) is 13.8 Å². The van der Waals surface area contributed by atoms with Crippen LogP contribution in [-0.2, 0) is 0 Å². The highest BCUT2D eigenvalue weighted by atomic mass is 16.5. The number of likely N-dealkylation sites (tertiary alicyclic amines) is 1. The van der Waals surface area contributed by atoms with Gasteiger partial charge < -0.3 is 10.5 Å². The molecule has 19 heavy (non-hydrogen) atoms. The maximum Gasteiger partial charge on any atom is 0.122 e. The van der Waals surface area contributed by atoms with E-state index >= 15 is 0 Å². The van der Waals surface area contributed by atoms with E-state index in [1.165, 1.54) is 37.1 Å². The van der Waals surface area contributed by atoms with Gasteiger partial charge in [-0.3, -0.25) is 4.90 Å². The highest BCUT2D eigenvalue weighted by Gasteiger charge is 2.20. The Morgan fingerprint density at radius 2 is 2.00 bits per heavy atom. The Kier molecular flexibility index (Phi) is 5.23. The minimum atomic E-state index is 0.479. The lowest BCUT2D eigenvalue weighted by molar-refractivity contribution is 0.197. The summed E-state index contributed by atoms with van der Waals surface area (Å²) >= 11 is 0. The number of nitrogens with zero attached hydrogens (tertiary/aromatic N) is 1. The van der Waals surface area contributed by atoms with Crippen molar-refractivity contribution in [1.82, 2.24) is 4.90 Å². The van der Waals surface area contributed by atoms with E-state index in [1.807, 2.05) is 0 Å². The van der Waals surface area contributed by atoms with Crippen LogP contribution in [0.4, 0.5) is 0 Å². The molecule has 0 aromatic heterocycles. The SMILES string of the molecule is Cc1ccc(C)c(OCCC(CN)N2CCCC2)c1. The average Bonchev–Trinajstić information content (AvgIpc) is 2.92. The van der Waals surface area contributed by atoms with Gasteiger partial charge in [0.15, 0.2) is 0 Å². The lowest BCUT2D eigenvalue weighted by Crippen LogP contribution is -2.39. The predicted octanol–water partition coefficient (Wildman–Crippen LogP) is 2.50. The summed E-state index contributed by atoms with van der Waals surface area (Å²) in [5.41, 5.74) is 8.34. The quantitative estimate of drug-likeness (QED) is 0.856. The first-order valence-electron chi connectivity index (χ1n) is 7.35. The Labute approximate surface area is 116 Å². The van der Waals surface area contributed by atoms with Crippen LogP contribution in [0.5, 0.6) is 5.75 Å². The molecular formula is C16H26N2O. The van der Waals surface area contributed by atoms with E-state index in [0.29, 0.717) is 6.04 Å². The topological polar surface area (TPSA) is 38.5 Å². The van der Waals surface area contributed by atoms with Gasteiger partial charge in [0.25, 0.3) is 0 Å². The molecule has 1 aliphatic rings. The molecule has 3 heteroatoms. The summed E-state index contributed by atoms with van der Waals surface area (Å²) in [6.07, 6.45) is 3.65. The number of ether oxygens (including phenoxy) is 1. The summed E-state index contributed by atoms with van der Waals surface area (Å²) in [5.74, 6) is 1.01. The molecule has 1 atom stereocenters. The summed E-state index contributed by atoms with van der Waals surface area (Å²) < 4.78 is 5.93. The molecule has 0 spiro atoms. The minimum absolute atomic E-state index is 0.479. The van der Waals surface area contributed by atoms with Crippen LogP contribution in [0.25, 0.3) is 0 Å². The Bertz CT molecular complexity index is 400. The van der Waals surface area contributed by atoms with Crippen molar-refractivity contribution in [2.45, 2.75) is 39.2 Å². The first-order valence-corrected chi connectivity index (χ1v) is 7.35. The third-order valence-corrected chi connectivity index (χ3v) is 3.98. The van der Waals surface area contributed by atoms with Crippen LogP contribution in [-0.4, -0.2) is 37.2 Å². The van der Waals surface area contributed by atoms with Gasteiger partial charge in [-0.15, -0.1) is 0 Å². The molecule has 2 rings (SSSR count). The van der Waals surface area contributed by atoms with Gasteiger partial charge in [-0.05, 0) is 63.4 Å². The molecule has 2 N–H and O–H groups in total. The summed E-state index contributed by atoms with van der Waals surface area (Å²) in [5, 5.41) is 0. The number of aryl methyl sites for hydroxylation is 2. The van der Waals surface area contributed by atoms with Crippen molar-refractivity contribution in [3.8, 4) is 5.75 Å². The second-order valence-corrected chi connectivity index (χ2v) is 5.54. The third kappa shape index (κ3) is 3.95. The summed E-state index contributed by atoms with van der Waals surface area (Å²) in [4.78, 5) is 2.51. The van der Waals surface area contributed by atoms with Crippen LogP contribution >= 0.6 is 0 Å². The van der Waals surface area contributed by atoms with Crippen molar-refractivity contribution in [3.63, 3.8) is 0 Å². The van der Waals surface area contributed by atoms with Gasteiger partial charge in [0.1, 0.15) is 5.75 Å². The van der Waals surface area contributed by atoms with Crippen molar-refractivity contribution < 1.29 is 4.74 Å². The van der Waals surface area contributed by atoms with Gasteiger partial charge >= 0.3 is 0 Å². The molecular weight excluding hydrogens is 236 g/mol. The molecule has 0 aliphatic carbocycles. The fourth-order valence-corrected chi connectivity index (χ4v) is 2.72. The van der Waals surface area contributed by atoms with Gasteiger partial charge in [-0.25, -0.2) is 0 Å². The van der Waals surface area contributed by atoms with Crippen LogP contribution in [0.15, 0.2) is 18.2 Å². The first-order chi connectivity index (χ1) is 9.20. The van der Waals surface area contributed by atoms with E-state index in [-0.39, 0.29) is 0 Å². The Morgan fingerprint density at radius 3 is 2.68 bits per heavy atom. The number of nitrogens with two attached hydrogens (primary N) is 1. The van der Waals surface area contributed by atoms with E-state index < -0.39 is 0 Å². The molecule has 1 aliphatic heterocycles. The molecule has 0 saturated carbocycles. The molecule has 1 unspecified atom stereocenters. The Balaban J connectivity index is 1.83. The van der Waals surface area contributed by atoms with Gasteiger partial charge in [0.2, 0.25) is 0 Å². The summed E-state index contributed by atoms with van der Waals surface area (Å²) in [6, 6.07) is 6.83. The normalized spacial score (nSPS) is 17.6. The van der Waals surface area contributed by atoms with Crippen molar-refractivity contribution >= 4 is 0 Å². The summed E-state index contributed by atoms with van der Waals surface area (Å²) in [7, 11) is 0. The second kappa shape index (κ2) is 6.92. The molecule has 1 aromatic rings. The van der Waals surface area contributed by atoms with Crippen molar-refractivity contribution in [2.24, 2.45) is 5.73 Å². The Morgan fingerprint density at radius 1 is 1.26 bits per heavy atom. The minimum Gasteiger partial charge on any atom is -0.493 e. The number of benzene rings is 1. The molecule has 1 fully saturated rings. The maximum atomic E-state index is 5.93. The van der Waals surface area contributed by atoms with E-state index in [1.54, 1.807) is 0 Å². The van der Waals surface area contributed by atoms with Gasteiger partial charge in [-0.1, -0.05) is 12.1 Å². The smallest absolute Gasteiger partial charge is 0.122 e. The molecule has 106 valence electrons. The zero-order valence-corrected chi connectivity index (χ0v) is 12.2. The van der Waals surface area contributed by atoms with Gasteiger partial charge in [0, 0.05) is 12.6 Å². The monoisotopic (exact) mass is 262 g/mol. The van der Waals surface area contributed by atoms with E-state index in [4.69, 9.17) is 10.5 Å². The Hall–Kier alpha value is -1.06. The van der Waals surface area contributed by atoms with E-state index in [0.717, 1.165) is 25.3 Å². The zero-order valence-electron chi connectivity index (χ0n) is 12.2. The van der Waals surface area contributed by atoms with Crippen LogP contribution < -0.4 is 10.5 Å². The van der Waals surface area contributed by atoms with Crippen molar-refractivity contribution in [2.75, 3.05) is 26.2 Å². The molecule has 0 amide bonds. The molecule has 0 radical (unpaired) electrons. The highest BCUT2D eigenvalue weighted by Crippen LogP contribution is 2.20. The molecule has 0 bridgehead atoms. The standard InChI is InChI=1S/C16H26N2O/c1-13-5-6-14(2)16(11-13)19-10-7-15(12-17)18-8-3-4-9-18/h5-6,11,15H,3-4,7-10,12,17H2,1-2H3. The third-order valence-electron chi connectivity index (χ3n) is 3.98. The highest BCUT2D eigenvalue weighted by molar-refractivity contribution is 5.35. The maximum absolute atomic E-state index is 5.93. The van der Waals surface area contributed by atoms with Crippen molar-refractivity contribution in [1.29, 1.82) is 0 Å². The lowest BCUT2D eigenvalue weighted by atomic mass is 10.1. The largest absolute Gasteiger partial charge is 0.493 e. The van der Waals surface area contributed by atoms with Crippen LogP contribution in [0.2, 0.25) is 0 Å². The van der Waals surface area contributed by atoms with Gasteiger partial charge in [0.05, 0.1) is 6.61 Å². The lowest BCUT2D eigenvalue weighted by Gasteiger charge is -2.26. The number of rotatable bonds is 6. The van der Waals surface area contributed by atoms with E-state index in [2.05, 4.69) is 36.9 Å². The molecule has 1 aromatic carbocycles. The summed E-state index contributed by atoms with van der Waals surface area (Å²) in [6.45, 7) is 8.07.